The number of ether oxygens (including phenoxy) is 3. The lowest BCUT2D eigenvalue weighted by Crippen LogP contribution is -2.26. The van der Waals surface area contributed by atoms with Crippen molar-refractivity contribution in [3.05, 3.63) is 53.7 Å². The predicted molar refractivity (Wildman–Crippen MR) is 100 cm³/mol. The van der Waals surface area contributed by atoms with Crippen LogP contribution in [0.25, 0.3) is 11.3 Å². The summed E-state index contributed by atoms with van der Waals surface area (Å²) in [4.78, 5) is 0. The first kappa shape index (κ1) is 16.3. The van der Waals surface area contributed by atoms with Crippen molar-refractivity contribution in [3.8, 4) is 28.5 Å². The van der Waals surface area contributed by atoms with Gasteiger partial charge in [-0.15, -0.1) is 0 Å². The minimum Gasteiger partial charge on any atom is -0.496 e. The van der Waals surface area contributed by atoms with Crippen molar-refractivity contribution in [2.75, 3.05) is 26.6 Å². The number of aromatic nitrogens is 2. The molecule has 2 aromatic carbocycles. The fourth-order valence-electron chi connectivity index (χ4n) is 3.43. The molecule has 0 spiro atoms. The van der Waals surface area contributed by atoms with Gasteiger partial charge in [-0.05, 0) is 25.1 Å². The van der Waals surface area contributed by atoms with Gasteiger partial charge in [0.15, 0.2) is 17.7 Å². The fourth-order valence-corrected chi connectivity index (χ4v) is 3.43. The van der Waals surface area contributed by atoms with Gasteiger partial charge < -0.3 is 19.5 Å². The van der Waals surface area contributed by atoms with Gasteiger partial charge in [0, 0.05) is 22.9 Å². The summed E-state index contributed by atoms with van der Waals surface area (Å²) in [6, 6.07) is 14.1. The summed E-state index contributed by atoms with van der Waals surface area (Å²) < 4.78 is 18.5. The number of anilines is 1. The van der Waals surface area contributed by atoms with Gasteiger partial charge in [0.2, 0.25) is 0 Å². The van der Waals surface area contributed by atoms with Crippen molar-refractivity contribution in [3.63, 3.8) is 0 Å². The lowest BCUT2D eigenvalue weighted by atomic mass is 10.0. The van der Waals surface area contributed by atoms with Crippen molar-refractivity contribution >= 4 is 5.69 Å². The van der Waals surface area contributed by atoms with Crippen LogP contribution >= 0.6 is 0 Å². The normalized spacial score (nSPS) is 14.8. The molecule has 0 amide bonds. The van der Waals surface area contributed by atoms with Crippen LogP contribution in [0.5, 0.6) is 17.2 Å². The van der Waals surface area contributed by atoms with Crippen LogP contribution in [-0.2, 0) is 0 Å². The smallest absolute Gasteiger partial charge is 0.164 e. The number of aryl methyl sites for hydroxylation is 1. The van der Waals surface area contributed by atoms with Crippen LogP contribution in [0.3, 0.4) is 0 Å². The molecule has 2 heterocycles. The minimum atomic E-state index is -0.219. The third kappa shape index (κ3) is 2.45. The van der Waals surface area contributed by atoms with Gasteiger partial charge in [0.1, 0.15) is 5.75 Å². The van der Waals surface area contributed by atoms with Crippen LogP contribution in [0.15, 0.2) is 42.5 Å². The molecule has 6 nitrogen and oxygen atoms in total. The number of hydrogen-bond acceptors (Lipinski definition) is 5. The summed E-state index contributed by atoms with van der Waals surface area (Å²) in [5.74, 6) is 1.98. The van der Waals surface area contributed by atoms with Gasteiger partial charge in [0.25, 0.3) is 0 Å². The molecule has 134 valence electrons. The highest BCUT2D eigenvalue weighted by Crippen LogP contribution is 2.43. The van der Waals surface area contributed by atoms with E-state index < -0.39 is 0 Å². The van der Waals surface area contributed by atoms with E-state index in [1.54, 1.807) is 21.3 Å². The van der Waals surface area contributed by atoms with Crippen LogP contribution in [0.1, 0.15) is 17.4 Å². The molecule has 0 radical (unpaired) electrons. The van der Waals surface area contributed by atoms with Crippen molar-refractivity contribution in [1.29, 1.82) is 0 Å². The Hall–Kier alpha value is -3.15. The van der Waals surface area contributed by atoms with Crippen molar-refractivity contribution in [1.82, 2.24) is 9.78 Å². The average Bonchev–Trinajstić information content (AvgIpc) is 3.07. The first-order valence-corrected chi connectivity index (χ1v) is 8.38. The number of methoxy groups -OCH3 is 3. The molecule has 0 saturated heterocycles. The molecular formula is C20H21N3O3. The van der Waals surface area contributed by atoms with Gasteiger partial charge in [-0.25, -0.2) is 4.68 Å². The molecule has 0 aliphatic carbocycles. The second-order valence-corrected chi connectivity index (χ2v) is 6.16. The maximum absolute atomic E-state index is 5.63. The highest BCUT2D eigenvalue weighted by molar-refractivity contribution is 5.79. The van der Waals surface area contributed by atoms with E-state index in [2.05, 4.69) is 23.5 Å². The molecule has 1 aromatic heterocycles. The maximum atomic E-state index is 5.63. The molecule has 0 fully saturated rings. The summed E-state index contributed by atoms with van der Waals surface area (Å²) in [5, 5.41) is 8.28. The summed E-state index contributed by atoms with van der Waals surface area (Å²) in [5.41, 5.74) is 5.14. The van der Waals surface area contributed by atoms with E-state index in [9.17, 15) is 0 Å². The summed E-state index contributed by atoms with van der Waals surface area (Å²) in [6.07, 6.45) is -0.219. The van der Waals surface area contributed by atoms with Crippen molar-refractivity contribution < 1.29 is 14.2 Å². The molecule has 26 heavy (non-hydrogen) atoms. The standard InChI is InChI=1S/C20H21N3O3/c1-12-9-16-13-7-5-6-8-15(13)21-20(23(16)22-12)14-10-18(25-3)19(26-4)11-17(14)24-2/h5-11,20-21H,1-4H3. The number of hydrogen-bond donors (Lipinski definition) is 1. The zero-order chi connectivity index (χ0) is 18.3. The topological polar surface area (TPSA) is 57.5 Å². The molecule has 1 atom stereocenters. The van der Waals surface area contributed by atoms with E-state index in [-0.39, 0.29) is 6.17 Å². The average molecular weight is 351 g/mol. The zero-order valence-electron chi connectivity index (χ0n) is 15.2. The number of fused-ring (bicyclic) bond motifs is 3. The monoisotopic (exact) mass is 351 g/mol. The van der Waals surface area contributed by atoms with Crippen molar-refractivity contribution in [2.24, 2.45) is 0 Å². The Balaban J connectivity index is 1.92. The lowest BCUT2D eigenvalue weighted by Gasteiger charge is -2.30. The van der Waals surface area contributed by atoms with E-state index >= 15 is 0 Å². The first-order chi connectivity index (χ1) is 12.7. The lowest BCUT2D eigenvalue weighted by molar-refractivity contribution is 0.345. The van der Waals surface area contributed by atoms with Crippen molar-refractivity contribution in [2.45, 2.75) is 13.1 Å². The number of benzene rings is 2. The molecule has 1 unspecified atom stereocenters. The van der Waals surface area contributed by atoms with Crippen LogP contribution in [0, 0.1) is 6.92 Å². The van der Waals surface area contributed by atoms with Crippen LogP contribution in [0.2, 0.25) is 0 Å². The number of rotatable bonds is 4. The molecule has 1 aliphatic heterocycles. The Labute approximate surface area is 152 Å². The Morgan fingerprint density at radius 3 is 2.35 bits per heavy atom. The molecule has 3 aromatic rings. The summed E-state index contributed by atoms with van der Waals surface area (Å²) in [6.45, 7) is 2.00. The fraction of sp³-hybridized carbons (Fsp3) is 0.250. The van der Waals surface area contributed by atoms with E-state index in [1.165, 1.54) is 0 Å². The van der Waals surface area contributed by atoms with Crippen LogP contribution in [-0.4, -0.2) is 31.1 Å². The number of para-hydroxylation sites is 1. The van der Waals surface area contributed by atoms with E-state index in [0.717, 1.165) is 28.2 Å². The van der Waals surface area contributed by atoms with E-state index in [4.69, 9.17) is 19.3 Å². The van der Waals surface area contributed by atoms with E-state index in [1.807, 2.05) is 35.9 Å². The van der Waals surface area contributed by atoms with Crippen LogP contribution < -0.4 is 19.5 Å². The van der Waals surface area contributed by atoms with Gasteiger partial charge in [-0.2, -0.15) is 5.10 Å². The quantitative estimate of drug-likeness (QED) is 0.773. The second-order valence-electron chi connectivity index (χ2n) is 6.16. The van der Waals surface area contributed by atoms with Gasteiger partial charge in [-0.1, -0.05) is 18.2 Å². The zero-order valence-corrected chi connectivity index (χ0v) is 15.2. The van der Waals surface area contributed by atoms with Gasteiger partial charge in [0.05, 0.1) is 32.7 Å². The largest absolute Gasteiger partial charge is 0.496 e. The summed E-state index contributed by atoms with van der Waals surface area (Å²) >= 11 is 0. The molecular weight excluding hydrogens is 330 g/mol. The van der Waals surface area contributed by atoms with Crippen LogP contribution in [0.4, 0.5) is 5.69 Å². The number of nitrogens with zero attached hydrogens (tertiary/aromatic N) is 2. The summed E-state index contributed by atoms with van der Waals surface area (Å²) in [7, 11) is 4.89. The molecule has 6 heteroatoms. The maximum Gasteiger partial charge on any atom is 0.164 e. The number of nitrogens with one attached hydrogen (secondary N) is 1. The SMILES string of the molecule is COc1cc(OC)c(C2Nc3ccccc3-c3cc(C)nn32)cc1OC. The Morgan fingerprint density at radius 1 is 0.923 bits per heavy atom. The highest BCUT2D eigenvalue weighted by Gasteiger charge is 2.29. The van der Waals surface area contributed by atoms with E-state index in [0.29, 0.717) is 17.2 Å². The molecule has 1 N–H and O–H groups in total. The Bertz CT molecular complexity index is 965. The predicted octanol–water partition coefficient (Wildman–Crippen LogP) is 3.86. The first-order valence-electron chi connectivity index (χ1n) is 8.38. The molecule has 1 aliphatic rings. The third-order valence-corrected chi connectivity index (χ3v) is 4.63. The molecule has 0 saturated carbocycles. The Morgan fingerprint density at radius 2 is 1.62 bits per heavy atom. The van der Waals surface area contributed by atoms with Gasteiger partial charge in [-0.3, -0.25) is 0 Å². The second kappa shape index (κ2) is 6.29. The van der Waals surface area contributed by atoms with Gasteiger partial charge >= 0.3 is 0 Å². The molecule has 4 rings (SSSR count). The highest BCUT2D eigenvalue weighted by atomic mass is 16.5. The minimum absolute atomic E-state index is 0.219. The molecule has 0 bridgehead atoms. The third-order valence-electron chi connectivity index (χ3n) is 4.63. The Kier molecular flexibility index (Phi) is 3.95.